The molecule has 2 heterocycles. The average Bonchev–Trinajstić information content (AvgIpc) is 2.92. The van der Waals surface area contributed by atoms with E-state index < -0.39 is 0 Å². The fourth-order valence-electron chi connectivity index (χ4n) is 2.65. The van der Waals surface area contributed by atoms with E-state index in [9.17, 15) is 4.79 Å². The summed E-state index contributed by atoms with van der Waals surface area (Å²) < 4.78 is 11.4. The van der Waals surface area contributed by atoms with E-state index in [0.29, 0.717) is 18.3 Å². The van der Waals surface area contributed by atoms with Gasteiger partial charge in [0.1, 0.15) is 0 Å². The number of amides is 1. The van der Waals surface area contributed by atoms with Crippen LogP contribution >= 0.6 is 11.3 Å². The summed E-state index contributed by atoms with van der Waals surface area (Å²) in [5.74, 6) is 1.60. The number of hydrogen-bond donors (Lipinski definition) is 1. The van der Waals surface area contributed by atoms with Crippen molar-refractivity contribution in [1.29, 1.82) is 0 Å². The molecule has 1 aromatic heterocycles. The van der Waals surface area contributed by atoms with Gasteiger partial charge in [0.05, 0.1) is 18.9 Å². The number of hydrogen-bond acceptors (Lipinski definition) is 5. The molecule has 1 aliphatic heterocycles. The lowest BCUT2D eigenvalue weighted by atomic mass is 10.0. The molecule has 0 saturated heterocycles. The highest BCUT2D eigenvalue weighted by Gasteiger charge is 2.17. The first kappa shape index (κ1) is 16.8. The molecule has 1 aromatic carbocycles. The Bertz CT molecular complexity index is 710. The number of rotatable bonds is 5. The lowest BCUT2D eigenvalue weighted by Gasteiger charge is -2.10. The van der Waals surface area contributed by atoms with Gasteiger partial charge in [-0.3, -0.25) is 4.79 Å². The molecule has 0 fully saturated rings. The van der Waals surface area contributed by atoms with Crippen LogP contribution in [0.5, 0.6) is 11.5 Å². The quantitative estimate of drug-likeness (QED) is 0.874. The molecule has 0 radical (unpaired) electrons. The Labute approximate surface area is 146 Å². The summed E-state index contributed by atoms with van der Waals surface area (Å²) in [5.41, 5.74) is 1.79. The second-order valence-electron chi connectivity index (χ2n) is 5.75. The number of carbonyl (C=O) groups is 1. The molecular formula is C18H22N2O3S. The van der Waals surface area contributed by atoms with Crippen LogP contribution in [0.1, 0.15) is 33.1 Å². The summed E-state index contributed by atoms with van der Waals surface area (Å²) in [5, 5.41) is 5.50. The maximum atomic E-state index is 12.2. The molecule has 2 aromatic rings. The Morgan fingerprint density at radius 1 is 1.25 bits per heavy atom. The Balaban J connectivity index is 1.76. The number of nitrogens with zero attached hydrogens (tertiary/aromatic N) is 1. The van der Waals surface area contributed by atoms with Crippen LogP contribution in [-0.2, 0) is 4.79 Å². The third-order valence-corrected chi connectivity index (χ3v) is 4.89. The van der Waals surface area contributed by atoms with Gasteiger partial charge in [-0.25, -0.2) is 4.98 Å². The molecule has 0 atom stereocenters. The molecule has 0 bridgehead atoms. The Hall–Kier alpha value is -2.08. The largest absolute Gasteiger partial charge is 0.490 e. The van der Waals surface area contributed by atoms with Crippen molar-refractivity contribution < 1.29 is 14.3 Å². The Kier molecular flexibility index (Phi) is 5.35. The van der Waals surface area contributed by atoms with E-state index in [-0.39, 0.29) is 11.8 Å². The van der Waals surface area contributed by atoms with E-state index in [2.05, 4.69) is 10.3 Å². The van der Waals surface area contributed by atoms with Gasteiger partial charge in [-0.1, -0.05) is 13.8 Å². The predicted molar refractivity (Wildman–Crippen MR) is 95.9 cm³/mol. The van der Waals surface area contributed by atoms with Crippen molar-refractivity contribution in [2.45, 2.75) is 33.1 Å². The van der Waals surface area contributed by atoms with E-state index in [1.165, 1.54) is 11.3 Å². The van der Waals surface area contributed by atoms with Crippen molar-refractivity contribution in [3.05, 3.63) is 23.6 Å². The molecule has 0 spiro atoms. The zero-order chi connectivity index (χ0) is 16.9. The molecule has 1 amide bonds. The summed E-state index contributed by atoms with van der Waals surface area (Å²) in [6.07, 6.45) is 2.55. The highest BCUT2D eigenvalue weighted by Crippen LogP contribution is 2.35. The van der Waals surface area contributed by atoms with Gasteiger partial charge < -0.3 is 14.8 Å². The second kappa shape index (κ2) is 7.66. The first-order chi connectivity index (χ1) is 11.7. The van der Waals surface area contributed by atoms with E-state index in [0.717, 1.165) is 42.0 Å². The number of aromatic nitrogens is 1. The fourth-order valence-corrected chi connectivity index (χ4v) is 3.38. The summed E-state index contributed by atoms with van der Waals surface area (Å²) in [6, 6.07) is 5.83. The van der Waals surface area contributed by atoms with Gasteiger partial charge in [0.25, 0.3) is 0 Å². The van der Waals surface area contributed by atoms with E-state index in [1.807, 2.05) is 37.4 Å². The van der Waals surface area contributed by atoms with E-state index >= 15 is 0 Å². The van der Waals surface area contributed by atoms with E-state index in [4.69, 9.17) is 9.47 Å². The third-order valence-electron chi connectivity index (χ3n) is 4.13. The number of nitrogens with one attached hydrogen (secondary N) is 1. The van der Waals surface area contributed by atoms with Crippen molar-refractivity contribution >= 4 is 22.4 Å². The van der Waals surface area contributed by atoms with Crippen molar-refractivity contribution in [3.8, 4) is 22.8 Å². The minimum absolute atomic E-state index is 0.0374. The number of carbonyl (C=O) groups excluding carboxylic acids is 1. The third kappa shape index (κ3) is 3.70. The summed E-state index contributed by atoms with van der Waals surface area (Å²) in [6.45, 7) is 5.39. The SMILES string of the molecule is CCC(CC)C(=O)Nc1nc(-c2ccc3c(c2)OCCCO3)cs1. The van der Waals surface area contributed by atoms with Crippen molar-refractivity contribution in [2.24, 2.45) is 5.92 Å². The van der Waals surface area contributed by atoms with Gasteiger partial charge in [0.2, 0.25) is 5.91 Å². The lowest BCUT2D eigenvalue weighted by Crippen LogP contribution is -2.21. The minimum Gasteiger partial charge on any atom is -0.490 e. The molecule has 0 saturated carbocycles. The molecule has 0 unspecified atom stereocenters. The molecule has 6 heteroatoms. The zero-order valence-corrected chi connectivity index (χ0v) is 14.8. The normalized spacial score (nSPS) is 13.6. The monoisotopic (exact) mass is 346 g/mol. The Morgan fingerprint density at radius 3 is 2.75 bits per heavy atom. The van der Waals surface area contributed by atoms with Crippen LogP contribution in [0.25, 0.3) is 11.3 Å². The molecule has 1 aliphatic rings. The number of ether oxygens (including phenoxy) is 2. The number of anilines is 1. The standard InChI is InChI=1S/C18H22N2O3S/c1-3-12(4-2)17(21)20-18-19-14(11-24-18)13-6-7-15-16(10-13)23-9-5-8-22-15/h6-7,10-12H,3-5,8-9H2,1-2H3,(H,19,20,21). The van der Waals surface area contributed by atoms with Crippen LogP contribution in [0.3, 0.4) is 0 Å². The summed E-state index contributed by atoms with van der Waals surface area (Å²) >= 11 is 1.44. The predicted octanol–water partition coefficient (Wildman–Crippen LogP) is 4.35. The van der Waals surface area contributed by atoms with Gasteiger partial charge in [-0.05, 0) is 31.0 Å². The van der Waals surface area contributed by atoms with Crippen molar-refractivity contribution in [2.75, 3.05) is 18.5 Å². The van der Waals surface area contributed by atoms with Crippen LogP contribution in [0, 0.1) is 5.92 Å². The molecular weight excluding hydrogens is 324 g/mol. The molecule has 3 rings (SSSR count). The van der Waals surface area contributed by atoms with Gasteiger partial charge in [-0.2, -0.15) is 0 Å². The zero-order valence-electron chi connectivity index (χ0n) is 14.0. The molecule has 1 N–H and O–H groups in total. The highest BCUT2D eigenvalue weighted by atomic mass is 32.1. The van der Waals surface area contributed by atoms with Crippen LogP contribution in [-0.4, -0.2) is 24.1 Å². The molecule has 24 heavy (non-hydrogen) atoms. The summed E-state index contributed by atoms with van der Waals surface area (Å²) in [4.78, 5) is 16.7. The van der Waals surface area contributed by atoms with E-state index in [1.54, 1.807) is 0 Å². The maximum Gasteiger partial charge on any atom is 0.229 e. The molecule has 128 valence electrons. The first-order valence-electron chi connectivity index (χ1n) is 8.37. The fraction of sp³-hybridized carbons (Fsp3) is 0.444. The van der Waals surface area contributed by atoms with Gasteiger partial charge in [0.15, 0.2) is 16.6 Å². The first-order valence-corrected chi connectivity index (χ1v) is 9.25. The number of thiazole rings is 1. The van der Waals surface area contributed by atoms with Gasteiger partial charge >= 0.3 is 0 Å². The second-order valence-corrected chi connectivity index (χ2v) is 6.61. The number of fused-ring (bicyclic) bond motifs is 1. The Morgan fingerprint density at radius 2 is 2.00 bits per heavy atom. The van der Waals surface area contributed by atoms with Crippen LogP contribution < -0.4 is 14.8 Å². The number of benzene rings is 1. The summed E-state index contributed by atoms with van der Waals surface area (Å²) in [7, 11) is 0. The van der Waals surface area contributed by atoms with Gasteiger partial charge in [0, 0.05) is 23.3 Å². The van der Waals surface area contributed by atoms with Crippen LogP contribution in [0.15, 0.2) is 23.6 Å². The average molecular weight is 346 g/mol. The lowest BCUT2D eigenvalue weighted by molar-refractivity contribution is -0.120. The smallest absolute Gasteiger partial charge is 0.229 e. The molecule has 0 aliphatic carbocycles. The topological polar surface area (TPSA) is 60.5 Å². The maximum absolute atomic E-state index is 12.2. The molecule has 5 nitrogen and oxygen atoms in total. The van der Waals surface area contributed by atoms with Gasteiger partial charge in [-0.15, -0.1) is 11.3 Å². The van der Waals surface area contributed by atoms with Crippen LogP contribution in [0.4, 0.5) is 5.13 Å². The minimum atomic E-state index is 0.0374. The van der Waals surface area contributed by atoms with Crippen molar-refractivity contribution in [3.63, 3.8) is 0 Å². The van der Waals surface area contributed by atoms with Crippen LogP contribution in [0.2, 0.25) is 0 Å². The van der Waals surface area contributed by atoms with Crippen molar-refractivity contribution in [1.82, 2.24) is 4.98 Å². The highest BCUT2D eigenvalue weighted by molar-refractivity contribution is 7.14.